The van der Waals surface area contributed by atoms with Crippen molar-refractivity contribution >= 4 is 51.1 Å². The maximum atomic E-state index is 13.3. The van der Waals surface area contributed by atoms with Crippen LogP contribution in [0.25, 0.3) is 0 Å². The van der Waals surface area contributed by atoms with Crippen molar-refractivity contribution < 1.29 is 13.9 Å². The van der Waals surface area contributed by atoms with Crippen LogP contribution in [0, 0.1) is 14.9 Å². The summed E-state index contributed by atoms with van der Waals surface area (Å²) in [5.74, 6) is 2.08. The highest BCUT2D eigenvalue weighted by atomic mass is 127. The number of nitrogens with zero attached hydrogens (tertiary/aromatic N) is 1. The molecule has 0 saturated carbocycles. The molecule has 33 heavy (non-hydrogen) atoms. The molecule has 1 N–H and O–H groups in total. The third-order valence-corrected chi connectivity index (χ3v) is 8.21. The molecule has 4 rings (SSSR count). The number of hydrogen-bond acceptors (Lipinski definition) is 5. The first-order valence-electron chi connectivity index (χ1n) is 11.1. The van der Waals surface area contributed by atoms with E-state index in [-0.39, 0.29) is 11.3 Å². The van der Waals surface area contributed by atoms with Crippen LogP contribution in [0.2, 0.25) is 0 Å². The lowest BCUT2D eigenvalue weighted by molar-refractivity contribution is 0.0947. The predicted molar refractivity (Wildman–Crippen MR) is 142 cm³/mol. The Kier molecular flexibility index (Phi) is 7.28. The van der Waals surface area contributed by atoms with E-state index in [4.69, 9.17) is 14.1 Å². The number of ether oxygens (including phenoxy) is 1. The fourth-order valence-electron chi connectivity index (χ4n) is 4.20. The van der Waals surface area contributed by atoms with Gasteiger partial charge in [0, 0.05) is 11.1 Å². The Labute approximate surface area is 212 Å². The van der Waals surface area contributed by atoms with Gasteiger partial charge >= 0.3 is 0 Å². The number of benzene rings is 1. The summed E-state index contributed by atoms with van der Waals surface area (Å²) in [5.41, 5.74) is 3.09. The van der Waals surface area contributed by atoms with E-state index in [1.54, 1.807) is 24.7 Å². The van der Waals surface area contributed by atoms with Crippen LogP contribution in [0.1, 0.15) is 59.3 Å². The molecule has 0 saturated heterocycles. The second-order valence-corrected chi connectivity index (χ2v) is 11.6. The molecule has 3 aromatic rings. The van der Waals surface area contributed by atoms with Crippen molar-refractivity contribution in [2.75, 3.05) is 7.11 Å². The van der Waals surface area contributed by atoms with E-state index < -0.39 is 0 Å². The molecule has 0 fully saturated rings. The Morgan fingerprint density at radius 3 is 2.85 bits per heavy atom. The molecule has 1 aliphatic carbocycles. The van der Waals surface area contributed by atoms with Crippen molar-refractivity contribution in [2.24, 2.45) is 16.3 Å². The standard InChI is InChI=1S/C26H29IN2O3S/c1-26(2,3)17-8-9-19-22(13-17)33-25(23(19)24(30)28-15-18-6-5-11-32-18)29-14-16-7-10-21(31-4)20(27)12-16/h5-7,10-12,14,17H,8-9,13,15H2,1-4H3,(H,28,30)/t17-/m0/s1. The molecular formula is C26H29IN2O3S. The van der Waals surface area contributed by atoms with Gasteiger partial charge in [-0.1, -0.05) is 20.8 Å². The first-order valence-corrected chi connectivity index (χ1v) is 13.0. The molecule has 2 aromatic heterocycles. The maximum Gasteiger partial charge on any atom is 0.255 e. The van der Waals surface area contributed by atoms with Gasteiger partial charge in [0.15, 0.2) is 0 Å². The van der Waals surface area contributed by atoms with Crippen molar-refractivity contribution in [1.29, 1.82) is 0 Å². The molecule has 0 spiro atoms. The van der Waals surface area contributed by atoms with Crippen LogP contribution in [0.15, 0.2) is 46.0 Å². The Balaban J connectivity index is 1.65. The zero-order valence-electron chi connectivity index (χ0n) is 19.4. The first kappa shape index (κ1) is 24.0. The van der Waals surface area contributed by atoms with Crippen LogP contribution in [0.3, 0.4) is 0 Å². The number of furan rings is 1. The van der Waals surface area contributed by atoms with Gasteiger partial charge in [-0.3, -0.25) is 4.79 Å². The number of aliphatic imine (C=N–C) groups is 1. The van der Waals surface area contributed by atoms with Crippen molar-refractivity contribution in [2.45, 2.75) is 46.6 Å². The van der Waals surface area contributed by atoms with E-state index in [0.29, 0.717) is 18.0 Å². The average Bonchev–Trinajstić information content (AvgIpc) is 3.42. The van der Waals surface area contributed by atoms with Crippen LogP contribution in [-0.4, -0.2) is 19.2 Å². The molecule has 0 unspecified atom stereocenters. The van der Waals surface area contributed by atoms with Gasteiger partial charge in [-0.25, -0.2) is 4.99 Å². The average molecular weight is 577 g/mol. The molecule has 174 valence electrons. The predicted octanol–water partition coefficient (Wildman–Crippen LogP) is 6.79. The fraction of sp³-hybridized carbons (Fsp3) is 0.385. The summed E-state index contributed by atoms with van der Waals surface area (Å²) >= 11 is 3.91. The summed E-state index contributed by atoms with van der Waals surface area (Å²) in [5, 5.41) is 3.80. The van der Waals surface area contributed by atoms with Gasteiger partial charge in [0.1, 0.15) is 16.5 Å². The Morgan fingerprint density at radius 1 is 1.36 bits per heavy atom. The Morgan fingerprint density at radius 2 is 2.18 bits per heavy atom. The fourth-order valence-corrected chi connectivity index (χ4v) is 6.23. The molecular weight excluding hydrogens is 547 g/mol. The zero-order valence-corrected chi connectivity index (χ0v) is 22.4. The zero-order chi connectivity index (χ0) is 23.6. The van der Waals surface area contributed by atoms with Crippen molar-refractivity contribution in [3.8, 4) is 5.75 Å². The second kappa shape index (κ2) is 10.0. The van der Waals surface area contributed by atoms with Gasteiger partial charge in [-0.15, -0.1) is 11.3 Å². The molecule has 2 heterocycles. The van der Waals surface area contributed by atoms with Crippen LogP contribution in [-0.2, 0) is 19.4 Å². The normalized spacial score (nSPS) is 16.1. The monoisotopic (exact) mass is 576 g/mol. The van der Waals surface area contributed by atoms with E-state index in [9.17, 15) is 4.79 Å². The van der Waals surface area contributed by atoms with Gasteiger partial charge < -0.3 is 14.5 Å². The highest BCUT2D eigenvalue weighted by Crippen LogP contribution is 2.45. The highest BCUT2D eigenvalue weighted by molar-refractivity contribution is 14.1. The van der Waals surface area contributed by atoms with Crippen molar-refractivity contribution in [1.82, 2.24) is 5.32 Å². The number of nitrogens with one attached hydrogen (secondary N) is 1. The number of rotatable bonds is 6. The Hall–Kier alpha value is -2.13. The SMILES string of the molecule is COc1ccc(C=Nc2sc3c(c2C(=O)NCc2ccco2)CC[C@H](C(C)(C)C)C3)cc1I. The van der Waals surface area contributed by atoms with Gasteiger partial charge in [0.25, 0.3) is 5.91 Å². The lowest BCUT2D eigenvalue weighted by atomic mass is 9.72. The largest absolute Gasteiger partial charge is 0.496 e. The molecule has 1 amide bonds. The van der Waals surface area contributed by atoms with Crippen molar-refractivity contribution in [3.05, 3.63) is 67.5 Å². The molecule has 1 atom stereocenters. The third kappa shape index (κ3) is 5.51. The number of carbonyl (C=O) groups is 1. The van der Waals surface area contributed by atoms with Gasteiger partial charge in [-0.2, -0.15) is 0 Å². The highest BCUT2D eigenvalue weighted by Gasteiger charge is 2.33. The summed E-state index contributed by atoms with van der Waals surface area (Å²) in [6.07, 6.45) is 6.45. The van der Waals surface area contributed by atoms with Crippen LogP contribution in [0.4, 0.5) is 5.00 Å². The van der Waals surface area contributed by atoms with E-state index in [1.165, 1.54) is 4.88 Å². The van der Waals surface area contributed by atoms with Crippen LogP contribution < -0.4 is 10.1 Å². The maximum absolute atomic E-state index is 13.3. The van der Waals surface area contributed by atoms with E-state index in [2.05, 4.69) is 48.7 Å². The van der Waals surface area contributed by atoms with Crippen LogP contribution >= 0.6 is 33.9 Å². The summed E-state index contributed by atoms with van der Waals surface area (Å²) in [4.78, 5) is 19.4. The first-order chi connectivity index (χ1) is 15.8. The number of halogens is 1. The molecule has 0 radical (unpaired) electrons. The van der Waals surface area contributed by atoms with E-state index >= 15 is 0 Å². The molecule has 1 aliphatic rings. The van der Waals surface area contributed by atoms with E-state index in [0.717, 1.165) is 50.5 Å². The number of hydrogen-bond donors (Lipinski definition) is 1. The molecule has 7 heteroatoms. The second-order valence-electron chi connectivity index (χ2n) is 9.40. The topological polar surface area (TPSA) is 63.8 Å². The third-order valence-electron chi connectivity index (χ3n) is 6.21. The number of carbonyl (C=O) groups excluding carboxylic acids is 1. The summed E-state index contributed by atoms with van der Waals surface area (Å²) in [6, 6.07) is 9.63. The number of methoxy groups -OCH3 is 1. The number of thiophene rings is 1. The quantitative estimate of drug-likeness (QED) is 0.260. The number of fused-ring (bicyclic) bond motifs is 1. The molecule has 0 bridgehead atoms. The lowest BCUT2D eigenvalue weighted by Gasteiger charge is -2.33. The minimum Gasteiger partial charge on any atom is -0.496 e. The molecule has 5 nitrogen and oxygen atoms in total. The van der Waals surface area contributed by atoms with Gasteiger partial charge in [0.2, 0.25) is 0 Å². The van der Waals surface area contributed by atoms with Crippen molar-refractivity contribution in [3.63, 3.8) is 0 Å². The minimum atomic E-state index is -0.0884. The van der Waals surface area contributed by atoms with Gasteiger partial charge in [0.05, 0.1) is 29.1 Å². The summed E-state index contributed by atoms with van der Waals surface area (Å²) in [7, 11) is 1.67. The van der Waals surface area contributed by atoms with E-state index in [1.807, 2.05) is 36.5 Å². The number of amides is 1. The smallest absolute Gasteiger partial charge is 0.255 e. The van der Waals surface area contributed by atoms with Gasteiger partial charge in [-0.05, 0) is 94.6 Å². The summed E-state index contributed by atoms with van der Waals surface area (Å²) in [6.45, 7) is 7.27. The summed E-state index contributed by atoms with van der Waals surface area (Å²) < 4.78 is 11.8. The van der Waals surface area contributed by atoms with Crippen LogP contribution in [0.5, 0.6) is 5.75 Å². The Bertz CT molecular complexity index is 1160. The lowest BCUT2D eigenvalue weighted by Crippen LogP contribution is -2.28. The molecule has 1 aromatic carbocycles. The molecule has 0 aliphatic heterocycles. The minimum absolute atomic E-state index is 0.0884.